The van der Waals surface area contributed by atoms with Crippen LogP contribution in [0.25, 0.3) is 0 Å². The summed E-state index contributed by atoms with van der Waals surface area (Å²) in [6.07, 6.45) is 8.36. The van der Waals surface area contributed by atoms with Crippen molar-refractivity contribution in [1.82, 2.24) is 4.68 Å². The first-order valence-electron chi connectivity index (χ1n) is 8.05. The van der Waals surface area contributed by atoms with Gasteiger partial charge in [0.15, 0.2) is 0 Å². The van der Waals surface area contributed by atoms with Gasteiger partial charge in [-0.05, 0) is 37.8 Å². The second-order valence-electron chi connectivity index (χ2n) is 5.99. The van der Waals surface area contributed by atoms with E-state index in [1.165, 1.54) is 37.7 Å². The van der Waals surface area contributed by atoms with Crippen LogP contribution in [0, 0.1) is 13.8 Å². The van der Waals surface area contributed by atoms with Crippen molar-refractivity contribution in [2.24, 2.45) is 10.1 Å². The van der Waals surface area contributed by atoms with E-state index in [1.807, 2.05) is 17.0 Å². The summed E-state index contributed by atoms with van der Waals surface area (Å²) in [6, 6.07) is 8.79. The lowest BCUT2D eigenvalue weighted by Gasteiger charge is -2.16. The average molecular weight is 313 g/mol. The van der Waals surface area contributed by atoms with E-state index >= 15 is 0 Å². The molecule has 0 unspecified atom stereocenters. The summed E-state index contributed by atoms with van der Waals surface area (Å²) in [5.74, 6) is 0. The Morgan fingerprint density at radius 2 is 1.91 bits per heavy atom. The fraction of sp³-hybridized carbons (Fsp3) is 0.444. The standard InChI is InChI=1S/C18H23N3S/c1-14-8-6-7-9-16(14)12-19-21-15(2)13-22-18(21)20-17-10-4-3-5-11-17/h6-9,12-13,17H,3-5,10-11H2,1-2H3. The summed E-state index contributed by atoms with van der Waals surface area (Å²) in [4.78, 5) is 5.96. The molecule has 0 spiro atoms. The van der Waals surface area contributed by atoms with Crippen molar-refractivity contribution >= 4 is 17.6 Å². The summed E-state index contributed by atoms with van der Waals surface area (Å²) in [5, 5.41) is 6.81. The van der Waals surface area contributed by atoms with Gasteiger partial charge in [-0.3, -0.25) is 4.99 Å². The van der Waals surface area contributed by atoms with Gasteiger partial charge in [0.1, 0.15) is 0 Å². The lowest BCUT2D eigenvalue weighted by Crippen LogP contribution is -2.19. The summed E-state index contributed by atoms with van der Waals surface area (Å²) in [5.41, 5.74) is 3.54. The Morgan fingerprint density at radius 1 is 1.14 bits per heavy atom. The maximum Gasteiger partial charge on any atom is 0.206 e. The van der Waals surface area contributed by atoms with Crippen LogP contribution >= 0.6 is 11.3 Å². The number of nitrogens with zero attached hydrogens (tertiary/aromatic N) is 3. The highest BCUT2D eigenvalue weighted by molar-refractivity contribution is 7.07. The van der Waals surface area contributed by atoms with Crippen LogP contribution in [0.4, 0.5) is 0 Å². The van der Waals surface area contributed by atoms with E-state index in [4.69, 9.17) is 4.99 Å². The number of aryl methyl sites for hydroxylation is 2. The predicted molar refractivity (Wildman–Crippen MR) is 93.7 cm³/mol. The zero-order valence-corrected chi connectivity index (χ0v) is 14.1. The molecule has 0 N–H and O–H groups in total. The van der Waals surface area contributed by atoms with E-state index in [1.54, 1.807) is 11.3 Å². The lowest BCUT2D eigenvalue weighted by molar-refractivity contribution is 0.435. The highest BCUT2D eigenvalue weighted by atomic mass is 32.1. The molecular formula is C18H23N3S. The van der Waals surface area contributed by atoms with Gasteiger partial charge >= 0.3 is 0 Å². The number of aromatic nitrogens is 1. The molecule has 0 radical (unpaired) electrons. The largest absolute Gasteiger partial charge is 0.254 e. The SMILES string of the molecule is Cc1ccccc1C=Nn1c(C)csc1=NC1CCCCC1. The van der Waals surface area contributed by atoms with Gasteiger partial charge in [-0.2, -0.15) is 5.10 Å². The van der Waals surface area contributed by atoms with Crippen molar-refractivity contribution in [3.8, 4) is 0 Å². The Kier molecular flexibility index (Phi) is 4.88. The monoisotopic (exact) mass is 313 g/mol. The molecule has 0 saturated heterocycles. The minimum absolute atomic E-state index is 0.478. The Bertz CT molecular complexity index is 718. The third kappa shape index (κ3) is 3.55. The Balaban J connectivity index is 1.89. The molecule has 116 valence electrons. The van der Waals surface area contributed by atoms with Crippen LogP contribution in [0.3, 0.4) is 0 Å². The molecule has 0 amide bonds. The van der Waals surface area contributed by atoms with Crippen LogP contribution in [0.1, 0.15) is 48.9 Å². The van der Waals surface area contributed by atoms with Gasteiger partial charge in [-0.1, -0.05) is 43.5 Å². The molecule has 0 aliphatic heterocycles. The van der Waals surface area contributed by atoms with Crippen molar-refractivity contribution in [2.75, 3.05) is 0 Å². The van der Waals surface area contributed by atoms with E-state index in [-0.39, 0.29) is 0 Å². The molecule has 1 aromatic carbocycles. The number of thiazole rings is 1. The molecule has 1 aromatic heterocycles. The zero-order chi connectivity index (χ0) is 15.4. The average Bonchev–Trinajstić information content (AvgIpc) is 2.88. The Labute approximate surface area is 136 Å². The second kappa shape index (κ2) is 7.05. The van der Waals surface area contributed by atoms with Crippen LogP contribution in [0.15, 0.2) is 39.7 Å². The molecule has 1 aliphatic carbocycles. The third-order valence-corrected chi connectivity index (χ3v) is 5.17. The molecule has 1 fully saturated rings. The Morgan fingerprint density at radius 3 is 2.68 bits per heavy atom. The van der Waals surface area contributed by atoms with Crippen molar-refractivity contribution < 1.29 is 0 Å². The number of hydrogen-bond donors (Lipinski definition) is 0. The van der Waals surface area contributed by atoms with Crippen molar-refractivity contribution in [3.05, 3.63) is 51.3 Å². The summed E-state index contributed by atoms with van der Waals surface area (Å²) in [6.45, 7) is 4.20. The normalized spacial score (nSPS) is 17.5. The van der Waals surface area contributed by atoms with Gasteiger partial charge in [0.25, 0.3) is 0 Å². The summed E-state index contributed by atoms with van der Waals surface area (Å²) in [7, 11) is 0. The zero-order valence-electron chi connectivity index (χ0n) is 13.3. The van der Waals surface area contributed by atoms with Gasteiger partial charge in [-0.15, -0.1) is 11.3 Å². The molecule has 1 heterocycles. The van der Waals surface area contributed by atoms with Crippen molar-refractivity contribution in [1.29, 1.82) is 0 Å². The molecular weight excluding hydrogens is 290 g/mol. The molecule has 2 aromatic rings. The van der Waals surface area contributed by atoms with Crippen molar-refractivity contribution in [3.63, 3.8) is 0 Å². The first-order valence-corrected chi connectivity index (χ1v) is 8.93. The summed E-state index contributed by atoms with van der Waals surface area (Å²) >= 11 is 1.69. The second-order valence-corrected chi connectivity index (χ2v) is 6.83. The van der Waals surface area contributed by atoms with E-state index in [0.717, 1.165) is 16.1 Å². The first-order chi connectivity index (χ1) is 10.7. The highest BCUT2D eigenvalue weighted by Crippen LogP contribution is 2.20. The van der Waals surface area contributed by atoms with E-state index in [0.29, 0.717) is 6.04 Å². The van der Waals surface area contributed by atoms with Gasteiger partial charge in [-0.25, -0.2) is 4.68 Å². The lowest BCUT2D eigenvalue weighted by atomic mass is 9.96. The molecule has 1 saturated carbocycles. The maximum atomic E-state index is 4.94. The highest BCUT2D eigenvalue weighted by Gasteiger charge is 2.12. The fourth-order valence-corrected chi connectivity index (χ4v) is 3.71. The quantitative estimate of drug-likeness (QED) is 0.757. The van der Waals surface area contributed by atoms with Gasteiger partial charge in [0, 0.05) is 5.38 Å². The fourth-order valence-electron chi connectivity index (χ4n) is 2.83. The van der Waals surface area contributed by atoms with Gasteiger partial charge in [0.2, 0.25) is 4.80 Å². The molecule has 1 aliphatic rings. The Hall–Kier alpha value is -1.68. The first kappa shape index (κ1) is 15.2. The summed E-state index contributed by atoms with van der Waals surface area (Å²) < 4.78 is 1.98. The van der Waals surface area contributed by atoms with Gasteiger partial charge < -0.3 is 0 Å². The molecule has 3 rings (SSSR count). The van der Waals surface area contributed by atoms with Gasteiger partial charge in [0.05, 0.1) is 18.0 Å². The van der Waals surface area contributed by atoms with Crippen LogP contribution in [0.2, 0.25) is 0 Å². The molecule has 0 bridgehead atoms. The van der Waals surface area contributed by atoms with Crippen LogP contribution in [-0.4, -0.2) is 16.9 Å². The molecule has 4 heteroatoms. The molecule has 22 heavy (non-hydrogen) atoms. The van der Waals surface area contributed by atoms with Crippen molar-refractivity contribution in [2.45, 2.75) is 52.0 Å². The van der Waals surface area contributed by atoms with Crippen LogP contribution < -0.4 is 4.80 Å². The maximum absolute atomic E-state index is 4.94. The predicted octanol–water partition coefficient (Wildman–Crippen LogP) is 4.28. The molecule has 0 atom stereocenters. The van der Waals surface area contributed by atoms with Crippen LogP contribution in [-0.2, 0) is 0 Å². The van der Waals surface area contributed by atoms with E-state index in [2.05, 4.69) is 42.5 Å². The van der Waals surface area contributed by atoms with E-state index < -0.39 is 0 Å². The number of hydrogen-bond acceptors (Lipinski definition) is 3. The topological polar surface area (TPSA) is 29.6 Å². The number of benzene rings is 1. The smallest absolute Gasteiger partial charge is 0.206 e. The van der Waals surface area contributed by atoms with Crippen LogP contribution in [0.5, 0.6) is 0 Å². The number of rotatable bonds is 3. The third-order valence-electron chi connectivity index (χ3n) is 4.22. The minimum atomic E-state index is 0.478. The van der Waals surface area contributed by atoms with E-state index in [9.17, 15) is 0 Å². The minimum Gasteiger partial charge on any atom is -0.254 e. The molecule has 3 nitrogen and oxygen atoms in total.